The van der Waals surface area contributed by atoms with Gasteiger partial charge in [-0.3, -0.25) is 0 Å². The summed E-state index contributed by atoms with van der Waals surface area (Å²) in [6, 6.07) is 0. The highest BCUT2D eigenvalue weighted by Gasteiger charge is 2.37. The summed E-state index contributed by atoms with van der Waals surface area (Å²) in [5.74, 6) is 0. The Morgan fingerprint density at radius 2 is 2.22 bits per heavy atom. The van der Waals surface area contributed by atoms with Gasteiger partial charge in [0.1, 0.15) is 0 Å². The molecule has 6 heteroatoms. The van der Waals surface area contributed by atoms with Gasteiger partial charge in [0.05, 0.1) is 6.61 Å². The monoisotopic (exact) mass is 154 g/mol. The van der Waals surface area contributed by atoms with Crippen molar-refractivity contribution in [3.63, 3.8) is 0 Å². The zero-order chi connectivity index (χ0) is 7.33. The predicted molar refractivity (Wildman–Crippen MR) is 28.5 cm³/mol. The molecule has 0 spiro atoms. The topological polar surface area (TPSA) is 58.9 Å². The maximum absolute atomic E-state index is 11.0. The first-order valence-corrected chi connectivity index (χ1v) is 3.83. The van der Waals surface area contributed by atoms with E-state index in [9.17, 15) is 4.53 Å². The van der Waals surface area contributed by atoms with Gasteiger partial charge in [0.2, 0.25) is 0 Å². The molecule has 0 unspecified atom stereocenters. The first kappa shape index (κ1) is 8.73. The Balaban J connectivity index is 3.44. The fraction of sp³-hybridized carbons (Fsp3) is 0.333. The van der Waals surface area contributed by atoms with Gasteiger partial charge in [0, 0.05) is 0 Å². The molecule has 2 N–H and O–H groups in total. The lowest BCUT2D eigenvalue weighted by atomic mass is 10.7. The van der Waals surface area contributed by atoms with E-state index in [1.807, 2.05) is 0 Å². The predicted octanol–water partition coefficient (Wildman–Crippen LogP) is -0.490. The second kappa shape index (κ2) is 3.70. The van der Waals surface area contributed by atoms with Crippen LogP contribution in [0.5, 0.6) is 0 Å². The van der Waals surface area contributed by atoms with Crippen LogP contribution in [0.3, 0.4) is 0 Å². The van der Waals surface area contributed by atoms with E-state index in [2.05, 4.69) is 15.6 Å². The molecule has 0 aromatic carbocycles. The molecular formula is C3H7FO4Si. The van der Waals surface area contributed by atoms with Crippen molar-refractivity contribution >= 4 is 9.05 Å². The van der Waals surface area contributed by atoms with Gasteiger partial charge < -0.3 is 14.0 Å². The summed E-state index contributed by atoms with van der Waals surface area (Å²) in [7, 11) is -4.44. The molecule has 4 nitrogen and oxygen atoms in total. The Morgan fingerprint density at radius 3 is 2.56 bits per heavy atom. The molecule has 0 fully saturated rings. The molecule has 0 rings (SSSR count). The molecule has 0 aromatic rings. The van der Waals surface area contributed by atoms with E-state index in [4.69, 9.17) is 9.59 Å². The van der Waals surface area contributed by atoms with Crippen molar-refractivity contribution in [1.29, 1.82) is 0 Å². The molecule has 0 saturated carbocycles. The highest BCUT2D eigenvalue weighted by molar-refractivity contribution is 6.49. The summed E-state index contributed by atoms with van der Waals surface area (Å²) in [6.07, 6.45) is 1.24. The summed E-state index contributed by atoms with van der Waals surface area (Å²) in [5.41, 5.74) is 0. The third-order valence-electron chi connectivity index (χ3n) is 0.490. The van der Waals surface area contributed by atoms with Crippen molar-refractivity contribution in [2.24, 2.45) is 0 Å². The summed E-state index contributed by atoms with van der Waals surface area (Å²) < 4.78 is 17.8. The lowest BCUT2D eigenvalue weighted by molar-refractivity contribution is -0.121. The van der Waals surface area contributed by atoms with Crippen LogP contribution in [0.2, 0.25) is 0 Å². The first-order chi connectivity index (χ1) is 4.12. The van der Waals surface area contributed by atoms with E-state index < -0.39 is 9.05 Å². The van der Waals surface area contributed by atoms with Gasteiger partial charge in [-0.25, -0.2) is 0 Å². The van der Waals surface area contributed by atoms with Crippen molar-refractivity contribution < 1.29 is 23.2 Å². The van der Waals surface area contributed by atoms with Crippen LogP contribution in [0.15, 0.2) is 12.7 Å². The summed E-state index contributed by atoms with van der Waals surface area (Å²) in [5, 5.41) is 0. The molecule has 0 bridgehead atoms. The summed E-state index contributed by atoms with van der Waals surface area (Å²) in [6.45, 7) is 3.05. The van der Waals surface area contributed by atoms with Gasteiger partial charge in [0.15, 0.2) is 0 Å². The highest BCUT2D eigenvalue weighted by Crippen LogP contribution is 1.97. The average molecular weight is 154 g/mol. The molecule has 0 aliphatic heterocycles. The second-order valence-corrected chi connectivity index (χ2v) is 2.77. The van der Waals surface area contributed by atoms with Gasteiger partial charge in [-0.15, -0.1) is 6.58 Å². The van der Waals surface area contributed by atoms with Crippen LogP contribution >= 0.6 is 0 Å². The minimum Gasteiger partial charge on any atom is -0.366 e. The lowest BCUT2D eigenvalue weighted by Crippen LogP contribution is -2.40. The zero-order valence-electron chi connectivity index (χ0n) is 4.58. The molecule has 0 saturated heterocycles. The van der Waals surface area contributed by atoms with Crippen molar-refractivity contribution in [3.05, 3.63) is 12.7 Å². The lowest BCUT2D eigenvalue weighted by Gasteiger charge is -2.08. The minimum atomic E-state index is -4.44. The third kappa shape index (κ3) is 4.24. The average Bonchev–Trinajstić information content (AvgIpc) is 1.84. The normalized spacial score (nSPS) is 11.4. The fourth-order valence-electron chi connectivity index (χ4n) is 0.190. The molecule has 0 aromatic heterocycles. The molecular weight excluding hydrogens is 147 g/mol. The molecule has 0 aliphatic rings. The van der Waals surface area contributed by atoms with E-state index in [0.29, 0.717) is 0 Å². The molecule has 0 radical (unpaired) electrons. The largest absolute Gasteiger partial charge is 0.706 e. The van der Waals surface area contributed by atoms with Crippen molar-refractivity contribution in [1.82, 2.24) is 0 Å². The Bertz CT molecular complexity index is 95.8. The number of halogens is 1. The molecule has 0 heterocycles. The van der Waals surface area contributed by atoms with Crippen molar-refractivity contribution in [2.75, 3.05) is 6.61 Å². The molecule has 54 valence electrons. The van der Waals surface area contributed by atoms with Crippen molar-refractivity contribution in [2.45, 2.75) is 0 Å². The molecule has 0 atom stereocenters. The second-order valence-electron chi connectivity index (χ2n) is 1.23. The van der Waals surface area contributed by atoms with Gasteiger partial charge in [0.25, 0.3) is 0 Å². The fourth-order valence-corrected chi connectivity index (χ4v) is 0.569. The highest BCUT2D eigenvalue weighted by atomic mass is 28.4. The quantitative estimate of drug-likeness (QED) is 0.424. The molecule has 0 aliphatic carbocycles. The van der Waals surface area contributed by atoms with E-state index >= 15 is 0 Å². The summed E-state index contributed by atoms with van der Waals surface area (Å²) >= 11 is 0. The van der Waals surface area contributed by atoms with Gasteiger partial charge >= 0.3 is 9.05 Å². The molecule has 9 heavy (non-hydrogen) atoms. The van der Waals surface area contributed by atoms with Crippen LogP contribution < -0.4 is 0 Å². The Morgan fingerprint density at radius 1 is 1.67 bits per heavy atom. The maximum atomic E-state index is 11.0. The van der Waals surface area contributed by atoms with E-state index in [1.165, 1.54) is 6.08 Å². The van der Waals surface area contributed by atoms with E-state index in [1.54, 1.807) is 0 Å². The maximum Gasteiger partial charge on any atom is 0.706 e. The van der Waals surface area contributed by atoms with Crippen LogP contribution in [0.1, 0.15) is 0 Å². The number of hydrogen-bond donors (Lipinski definition) is 2. The first-order valence-electron chi connectivity index (χ1n) is 2.11. The Labute approximate surface area is 52.5 Å². The smallest absolute Gasteiger partial charge is 0.366 e. The van der Waals surface area contributed by atoms with E-state index in [0.717, 1.165) is 0 Å². The van der Waals surface area contributed by atoms with Crippen LogP contribution in [-0.2, 0) is 9.06 Å². The Hall–Kier alpha value is -0.273. The minimum absolute atomic E-state index is 0.150. The number of rotatable bonds is 4. The van der Waals surface area contributed by atoms with Crippen LogP contribution in [0, 0.1) is 0 Å². The van der Waals surface area contributed by atoms with Gasteiger partial charge in [-0.1, -0.05) is 10.6 Å². The number of hydrogen-bond acceptors (Lipinski definition) is 4. The Kier molecular flexibility index (Phi) is 3.58. The molecule has 0 amide bonds. The van der Waals surface area contributed by atoms with Crippen molar-refractivity contribution in [3.8, 4) is 0 Å². The standard InChI is InChI=1S/C3H7FO4Si/c1-2-3-7-9(5,6)8-4/h2,5-6H,1,3H2. The zero-order valence-corrected chi connectivity index (χ0v) is 5.58. The van der Waals surface area contributed by atoms with Gasteiger partial charge in [-0.05, 0) is 0 Å². The SMILES string of the molecule is C=CCO[Si](O)(O)OF. The van der Waals surface area contributed by atoms with Crippen LogP contribution in [0.4, 0.5) is 4.53 Å². The van der Waals surface area contributed by atoms with Crippen LogP contribution in [-0.4, -0.2) is 25.2 Å². The van der Waals surface area contributed by atoms with Gasteiger partial charge in [-0.2, -0.15) is 4.63 Å². The summed E-state index contributed by atoms with van der Waals surface area (Å²) in [4.78, 5) is 16.6. The van der Waals surface area contributed by atoms with E-state index in [-0.39, 0.29) is 6.61 Å². The third-order valence-corrected chi connectivity index (χ3v) is 1.23. The van der Waals surface area contributed by atoms with Crippen LogP contribution in [0.25, 0.3) is 0 Å².